The lowest BCUT2D eigenvalue weighted by atomic mass is 10.2. The molecule has 7 heteroatoms. The maximum atomic E-state index is 12.5. The second-order valence-electron chi connectivity index (χ2n) is 4.61. The number of hydrogen-bond donors (Lipinski definition) is 1. The summed E-state index contributed by atoms with van der Waals surface area (Å²) in [6.07, 6.45) is 1.42. The topological polar surface area (TPSA) is 57.6 Å². The zero-order valence-electron chi connectivity index (χ0n) is 10.4. The molecule has 0 aliphatic carbocycles. The number of sulfonamides is 1. The van der Waals surface area contributed by atoms with Crippen LogP contribution in [0.3, 0.4) is 0 Å². The number of halogens is 2. The second-order valence-corrected chi connectivity index (χ2v) is 7.31. The zero-order valence-corrected chi connectivity index (χ0v) is 12.8. The van der Waals surface area contributed by atoms with Crippen molar-refractivity contribution in [3.8, 4) is 0 Å². The molecule has 0 aromatic heterocycles. The Morgan fingerprint density at radius 3 is 2.47 bits per heavy atom. The Morgan fingerprint density at radius 1 is 1.37 bits per heavy atom. The first kappa shape index (κ1) is 15.1. The first-order valence-corrected chi connectivity index (χ1v) is 8.16. The van der Waals surface area contributed by atoms with Crippen molar-refractivity contribution in [3.05, 3.63) is 27.7 Å². The van der Waals surface area contributed by atoms with Crippen molar-refractivity contribution < 1.29 is 13.5 Å². The van der Waals surface area contributed by atoms with Gasteiger partial charge in [-0.2, -0.15) is 4.31 Å². The Labute approximate surface area is 123 Å². The smallest absolute Gasteiger partial charge is 0.243 e. The molecule has 0 spiro atoms. The van der Waals surface area contributed by atoms with E-state index >= 15 is 0 Å². The maximum Gasteiger partial charge on any atom is 0.243 e. The summed E-state index contributed by atoms with van der Waals surface area (Å²) in [5, 5.41) is 9.89. The second kappa shape index (κ2) is 5.58. The summed E-state index contributed by atoms with van der Waals surface area (Å²) in [6.45, 7) is 1.97. The third-order valence-electron chi connectivity index (χ3n) is 3.39. The predicted octanol–water partition coefficient (Wildman–Crippen LogP) is 2.45. The van der Waals surface area contributed by atoms with Crippen LogP contribution in [-0.4, -0.2) is 37.0 Å². The van der Waals surface area contributed by atoms with Crippen molar-refractivity contribution in [1.29, 1.82) is 0 Å². The third-order valence-corrected chi connectivity index (χ3v) is 6.11. The summed E-state index contributed by atoms with van der Waals surface area (Å²) in [7, 11) is -3.66. The summed E-state index contributed by atoms with van der Waals surface area (Å²) in [6, 6.07) is 2.46. The van der Waals surface area contributed by atoms with E-state index in [0.29, 0.717) is 28.6 Å². The highest BCUT2D eigenvalue weighted by molar-refractivity contribution is 7.89. The average Bonchev–Trinajstić information content (AvgIpc) is 2.84. The molecule has 1 aliphatic heterocycles. The van der Waals surface area contributed by atoms with Gasteiger partial charge in [-0.15, -0.1) is 0 Å². The molecular weight excluding hydrogens is 309 g/mol. The average molecular weight is 324 g/mol. The van der Waals surface area contributed by atoms with E-state index < -0.39 is 10.0 Å². The predicted molar refractivity (Wildman–Crippen MR) is 75.2 cm³/mol. The molecule has 1 fully saturated rings. The molecule has 1 N–H and O–H groups in total. The third kappa shape index (κ3) is 2.76. The Balaban J connectivity index is 2.45. The Bertz CT molecular complexity index is 566. The van der Waals surface area contributed by atoms with Gasteiger partial charge < -0.3 is 5.11 Å². The van der Waals surface area contributed by atoms with E-state index in [0.717, 1.165) is 6.42 Å². The molecule has 19 heavy (non-hydrogen) atoms. The van der Waals surface area contributed by atoms with Crippen LogP contribution in [0.5, 0.6) is 0 Å². The highest BCUT2D eigenvalue weighted by Crippen LogP contribution is 2.31. The quantitative estimate of drug-likeness (QED) is 0.929. The molecule has 0 radical (unpaired) electrons. The molecule has 0 amide bonds. The first-order chi connectivity index (χ1) is 8.87. The molecule has 1 atom stereocenters. The van der Waals surface area contributed by atoms with Gasteiger partial charge in [0.2, 0.25) is 10.0 Å². The molecule has 1 aromatic carbocycles. The van der Waals surface area contributed by atoms with E-state index in [1.807, 2.05) is 0 Å². The summed E-state index contributed by atoms with van der Waals surface area (Å²) >= 11 is 12.0. The number of aliphatic hydroxyl groups is 1. The molecule has 1 aliphatic rings. The van der Waals surface area contributed by atoms with Crippen LogP contribution in [0.2, 0.25) is 10.0 Å². The van der Waals surface area contributed by atoms with Crippen LogP contribution in [0.4, 0.5) is 0 Å². The van der Waals surface area contributed by atoms with Gasteiger partial charge in [0.15, 0.2) is 0 Å². The SMILES string of the molecule is Cc1c(Cl)cc(S(=O)(=O)N2CCC[C@H]2CO)cc1Cl. The number of aliphatic hydroxyl groups excluding tert-OH is 1. The highest BCUT2D eigenvalue weighted by atomic mass is 35.5. The van der Waals surface area contributed by atoms with Crippen LogP contribution in [0.1, 0.15) is 18.4 Å². The van der Waals surface area contributed by atoms with Gasteiger partial charge >= 0.3 is 0 Å². The van der Waals surface area contributed by atoms with Crippen LogP contribution >= 0.6 is 23.2 Å². The van der Waals surface area contributed by atoms with E-state index in [2.05, 4.69) is 0 Å². The van der Waals surface area contributed by atoms with Crippen LogP contribution in [0, 0.1) is 6.92 Å². The fourth-order valence-electron chi connectivity index (χ4n) is 2.21. The fraction of sp³-hybridized carbons (Fsp3) is 0.500. The van der Waals surface area contributed by atoms with Crippen molar-refractivity contribution in [3.63, 3.8) is 0 Å². The fourth-order valence-corrected chi connectivity index (χ4v) is 4.57. The maximum absolute atomic E-state index is 12.5. The van der Waals surface area contributed by atoms with Gasteiger partial charge in [0.25, 0.3) is 0 Å². The van der Waals surface area contributed by atoms with Crippen LogP contribution in [-0.2, 0) is 10.0 Å². The van der Waals surface area contributed by atoms with Gasteiger partial charge in [-0.05, 0) is 37.5 Å². The lowest BCUT2D eigenvalue weighted by Gasteiger charge is -2.22. The highest BCUT2D eigenvalue weighted by Gasteiger charge is 2.35. The van der Waals surface area contributed by atoms with Crippen molar-refractivity contribution in [2.24, 2.45) is 0 Å². The molecule has 0 saturated carbocycles. The van der Waals surface area contributed by atoms with Crippen molar-refractivity contribution in [2.75, 3.05) is 13.2 Å². The van der Waals surface area contributed by atoms with E-state index in [9.17, 15) is 13.5 Å². The summed E-state index contributed by atoms with van der Waals surface area (Å²) in [5.74, 6) is 0. The number of nitrogens with zero attached hydrogens (tertiary/aromatic N) is 1. The lowest BCUT2D eigenvalue weighted by molar-refractivity contribution is 0.213. The van der Waals surface area contributed by atoms with E-state index in [-0.39, 0.29) is 17.5 Å². The monoisotopic (exact) mass is 323 g/mol. The van der Waals surface area contributed by atoms with E-state index in [1.54, 1.807) is 6.92 Å². The Hall–Kier alpha value is -0.330. The van der Waals surface area contributed by atoms with E-state index in [1.165, 1.54) is 16.4 Å². The molecule has 4 nitrogen and oxygen atoms in total. The largest absolute Gasteiger partial charge is 0.395 e. The number of benzene rings is 1. The van der Waals surface area contributed by atoms with Gasteiger partial charge in [0, 0.05) is 22.6 Å². The van der Waals surface area contributed by atoms with Crippen molar-refractivity contribution in [2.45, 2.75) is 30.7 Å². The van der Waals surface area contributed by atoms with E-state index in [4.69, 9.17) is 23.2 Å². The summed E-state index contributed by atoms with van der Waals surface area (Å²) < 4.78 is 26.4. The molecule has 1 heterocycles. The lowest BCUT2D eigenvalue weighted by Crippen LogP contribution is -2.37. The minimum Gasteiger partial charge on any atom is -0.395 e. The summed E-state index contributed by atoms with van der Waals surface area (Å²) in [5.41, 5.74) is 0.655. The molecule has 1 saturated heterocycles. The van der Waals surface area contributed by atoms with Crippen molar-refractivity contribution >= 4 is 33.2 Å². The van der Waals surface area contributed by atoms with Crippen molar-refractivity contribution in [1.82, 2.24) is 4.31 Å². The van der Waals surface area contributed by atoms with Gasteiger partial charge in [0.05, 0.1) is 11.5 Å². The number of hydrogen-bond acceptors (Lipinski definition) is 3. The van der Waals surface area contributed by atoms with Gasteiger partial charge in [-0.25, -0.2) is 8.42 Å². The Morgan fingerprint density at radius 2 is 1.95 bits per heavy atom. The molecular formula is C12H15Cl2NO3S. The van der Waals surface area contributed by atoms with Gasteiger partial charge in [-0.1, -0.05) is 23.2 Å². The minimum absolute atomic E-state index is 0.0773. The van der Waals surface area contributed by atoms with Crippen LogP contribution < -0.4 is 0 Å². The number of rotatable bonds is 3. The van der Waals surface area contributed by atoms with Crippen LogP contribution in [0.15, 0.2) is 17.0 Å². The van der Waals surface area contributed by atoms with Crippen LogP contribution in [0.25, 0.3) is 0 Å². The van der Waals surface area contributed by atoms with Gasteiger partial charge in [-0.3, -0.25) is 0 Å². The first-order valence-electron chi connectivity index (χ1n) is 5.96. The Kier molecular flexibility index (Phi) is 4.42. The molecule has 0 bridgehead atoms. The zero-order chi connectivity index (χ0) is 14.2. The summed E-state index contributed by atoms with van der Waals surface area (Å²) in [4.78, 5) is 0.0773. The molecule has 0 unspecified atom stereocenters. The minimum atomic E-state index is -3.66. The standard InChI is InChI=1S/C12H15Cl2NO3S/c1-8-11(13)5-10(6-12(8)14)19(17,18)15-4-2-3-9(15)7-16/h5-6,9,16H,2-4,7H2,1H3/t9-/m0/s1. The molecule has 106 valence electrons. The molecule has 1 aromatic rings. The molecule has 2 rings (SSSR count). The normalized spacial score (nSPS) is 20.9. The van der Waals surface area contributed by atoms with Gasteiger partial charge in [0.1, 0.15) is 0 Å².